The summed E-state index contributed by atoms with van der Waals surface area (Å²) in [4.78, 5) is 32.4. The average Bonchev–Trinajstić information content (AvgIpc) is 2.80. The zero-order chi connectivity index (χ0) is 15.7. The van der Waals surface area contributed by atoms with Crippen molar-refractivity contribution in [2.75, 3.05) is 0 Å². The number of aliphatic carboxylic acids is 1. The molecule has 0 radical (unpaired) electrons. The first-order valence-corrected chi connectivity index (χ1v) is 7.37. The normalized spacial score (nSPS) is 12.4. The van der Waals surface area contributed by atoms with Gasteiger partial charge in [0.1, 0.15) is 0 Å². The Morgan fingerprint density at radius 2 is 2.10 bits per heavy atom. The van der Waals surface area contributed by atoms with E-state index in [4.69, 9.17) is 5.11 Å². The summed E-state index contributed by atoms with van der Waals surface area (Å²) in [5.74, 6) is -1.40. The van der Waals surface area contributed by atoms with Crippen LogP contribution in [0.3, 0.4) is 0 Å². The predicted molar refractivity (Wildman–Crippen MR) is 80.2 cm³/mol. The van der Waals surface area contributed by atoms with Gasteiger partial charge < -0.3 is 5.11 Å². The second kappa shape index (κ2) is 5.77. The van der Waals surface area contributed by atoms with Gasteiger partial charge in [-0.3, -0.25) is 4.79 Å². The lowest BCUT2D eigenvalue weighted by atomic mass is 9.99. The summed E-state index contributed by atoms with van der Waals surface area (Å²) in [5, 5.41) is 9.63. The van der Waals surface area contributed by atoms with Crippen molar-refractivity contribution in [3.05, 3.63) is 38.5 Å². The van der Waals surface area contributed by atoms with E-state index in [1.165, 1.54) is 15.9 Å². The zero-order valence-electron chi connectivity index (χ0n) is 12.4. The SMILES string of the molecule is Cc1cnc(-n2c(C)c(CC(C)C(=O)O)c(C)nc2=O)s1. The third kappa shape index (κ3) is 3.02. The molecule has 0 saturated heterocycles. The van der Waals surface area contributed by atoms with E-state index in [-0.39, 0.29) is 5.69 Å². The van der Waals surface area contributed by atoms with E-state index in [2.05, 4.69) is 9.97 Å². The molecule has 0 spiro atoms. The van der Waals surface area contributed by atoms with Gasteiger partial charge in [-0.05, 0) is 32.8 Å². The molecule has 1 unspecified atom stereocenters. The molecule has 21 heavy (non-hydrogen) atoms. The summed E-state index contributed by atoms with van der Waals surface area (Å²) in [6, 6.07) is 0. The Bertz CT molecular complexity index is 748. The average molecular weight is 307 g/mol. The van der Waals surface area contributed by atoms with Crippen LogP contribution in [0.2, 0.25) is 0 Å². The standard InChI is InChI=1S/C14H17N3O3S/c1-7(12(18)19)5-11-9(3)16-13(20)17(10(11)4)14-15-6-8(2)21-14/h6-7H,5H2,1-4H3,(H,18,19). The molecule has 6 nitrogen and oxygen atoms in total. The number of carboxylic acid groups (broad SMARTS) is 1. The van der Waals surface area contributed by atoms with Gasteiger partial charge in [-0.15, -0.1) is 11.3 Å². The molecule has 0 bridgehead atoms. The van der Waals surface area contributed by atoms with Gasteiger partial charge in [0.05, 0.1) is 5.92 Å². The lowest BCUT2D eigenvalue weighted by Crippen LogP contribution is -2.27. The fourth-order valence-corrected chi connectivity index (χ4v) is 2.97. The largest absolute Gasteiger partial charge is 0.481 e. The number of hydrogen-bond acceptors (Lipinski definition) is 5. The highest BCUT2D eigenvalue weighted by atomic mass is 32.1. The van der Waals surface area contributed by atoms with Crippen LogP contribution in [-0.4, -0.2) is 25.6 Å². The number of carbonyl (C=O) groups is 1. The van der Waals surface area contributed by atoms with Crippen LogP contribution in [0.5, 0.6) is 0 Å². The van der Waals surface area contributed by atoms with Crippen LogP contribution in [0.25, 0.3) is 5.13 Å². The molecule has 0 aliphatic rings. The van der Waals surface area contributed by atoms with Gasteiger partial charge in [-0.2, -0.15) is 4.98 Å². The Morgan fingerprint density at radius 1 is 1.43 bits per heavy atom. The molecule has 0 aliphatic carbocycles. The fraction of sp³-hybridized carbons (Fsp3) is 0.429. The lowest BCUT2D eigenvalue weighted by Gasteiger charge is -2.15. The minimum atomic E-state index is -0.864. The van der Waals surface area contributed by atoms with E-state index >= 15 is 0 Å². The number of thiazole rings is 1. The lowest BCUT2D eigenvalue weighted by molar-refractivity contribution is -0.141. The smallest absolute Gasteiger partial charge is 0.354 e. The van der Waals surface area contributed by atoms with Crippen molar-refractivity contribution in [1.82, 2.24) is 14.5 Å². The predicted octanol–water partition coefficient (Wildman–Crippen LogP) is 1.88. The van der Waals surface area contributed by atoms with E-state index in [1.54, 1.807) is 27.0 Å². The molecular formula is C14H17N3O3S. The molecule has 1 N–H and O–H groups in total. The summed E-state index contributed by atoms with van der Waals surface area (Å²) in [5.41, 5.74) is 1.69. The molecule has 2 rings (SSSR count). The van der Waals surface area contributed by atoms with E-state index < -0.39 is 11.9 Å². The van der Waals surface area contributed by atoms with Crippen molar-refractivity contribution in [2.24, 2.45) is 5.92 Å². The molecule has 2 heterocycles. The second-order valence-corrected chi connectivity index (χ2v) is 6.29. The van der Waals surface area contributed by atoms with Gasteiger partial charge >= 0.3 is 11.7 Å². The second-order valence-electron chi connectivity index (χ2n) is 5.08. The molecule has 112 valence electrons. The van der Waals surface area contributed by atoms with Gasteiger partial charge in [-0.1, -0.05) is 6.92 Å². The molecule has 2 aromatic heterocycles. The Balaban J connectivity index is 2.58. The molecule has 0 aromatic carbocycles. The monoisotopic (exact) mass is 307 g/mol. The maximum Gasteiger partial charge on any atom is 0.354 e. The number of rotatable bonds is 4. The highest BCUT2D eigenvalue weighted by molar-refractivity contribution is 7.14. The van der Waals surface area contributed by atoms with E-state index in [0.29, 0.717) is 22.9 Å². The van der Waals surface area contributed by atoms with Crippen molar-refractivity contribution in [3.63, 3.8) is 0 Å². The maximum absolute atomic E-state index is 12.1. The van der Waals surface area contributed by atoms with Gasteiger partial charge in [0, 0.05) is 22.5 Å². The van der Waals surface area contributed by atoms with E-state index in [0.717, 1.165) is 10.4 Å². The molecule has 1 atom stereocenters. The van der Waals surface area contributed by atoms with Crippen molar-refractivity contribution in [3.8, 4) is 5.13 Å². The first-order valence-electron chi connectivity index (χ1n) is 6.56. The Labute approximate surface area is 126 Å². The summed E-state index contributed by atoms with van der Waals surface area (Å²) in [7, 11) is 0. The molecule has 0 fully saturated rings. The Morgan fingerprint density at radius 3 is 2.62 bits per heavy atom. The summed E-state index contributed by atoms with van der Waals surface area (Å²) in [6.07, 6.45) is 2.04. The summed E-state index contributed by atoms with van der Waals surface area (Å²) >= 11 is 1.40. The van der Waals surface area contributed by atoms with Gasteiger partial charge in [0.25, 0.3) is 0 Å². The molecule has 7 heteroatoms. The molecule has 0 saturated carbocycles. The third-order valence-corrected chi connectivity index (χ3v) is 4.29. The number of hydrogen-bond donors (Lipinski definition) is 1. The number of nitrogens with zero attached hydrogens (tertiary/aromatic N) is 3. The van der Waals surface area contributed by atoms with Crippen LogP contribution < -0.4 is 5.69 Å². The van der Waals surface area contributed by atoms with E-state index in [1.807, 2.05) is 6.92 Å². The van der Waals surface area contributed by atoms with Crippen LogP contribution in [0, 0.1) is 26.7 Å². The van der Waals surface area contributed by atoms with Crippen LogP contribution in [0.1, 0.15) is 28.8 Å². The topological polar surface area (TPSA) is 85.1 Å². The highest BCUT2D eigenvalue weighted by Crippen LogP contribution is 2.20. The number of aryl methyl sites for hydroxylation is 2. The van der Waals surface area contributed by atoms with Crippen molar-refractivity contribution in [1.29, 1.82) is 0 Å². The van der Waals surface area contributed by atoms with Crippen molar-refractivity contribution in [2.45, 2.75) is 34.1 Å². The van der Waals surface area contributed by atoms with Crippen molar-refractivity contribution >= 4 is 17.3 Å². The molecule has 0 aliphatic heterocycles. The van der Waals surface area contributed by atoms with E-state index in [9.17, 15) is 9.59 Å². The summed E-state index contributed by atoms with van der Waals surface area (Å²) in [6.45, 7) is 7.09. The number of carboxylic acids is 1. The molecular weight excluding hydrogens is 290 g/mol. The minimum Gasteiger partial charge on any atom is -0.481 e. The van der Waals surface area contributed by atoms with Crippen LogP contribution in [-0.2, 0) is 11.2 Å². The highest BCUT2D eigenvalue weighted by Gasteiger charge is 2.19. The molecule has 0 amide bonds. The molecule has 2 aromatic rings. The van der Waals surface area contributed by atoms with Gasteiger partial charge in [-0.25, -0.2) is 14.3 Å². The Hall–Kier alpha value is -2.02. The maximum atomic E-state index is 12.1. The van der Waals surface area contributed by atoms with Gasteiger partial charge in [0.15, 0.2) is 5.13 Å². The van der Waals surface area contributed by atoms with Crippen LogP contribution in [0.15, 0.2) is 11.0 Å². The summed E-state index contributed by atoms with van der Waals surface area (Å²) < 4.78 is 1.45. The van der Waals surface area contributed by atoms with Crippen molar-refractivity contribution < 1.29 is 9.90 Å². The minimum absolute atomic E-state index is 0.338. The quantitative estimate of drug-likeness (QED) is 0.932. The fourth-order valence-electron chi connectivity index (χ4n) is 2.16. The zero-order valence-corrected chi connectivity index (χ0v) is 13.2. The first kappa shape index (κ1) is 15.4. The van der Waals surface area contributed by atoms with Gasteiger partial charge in [0.2, 0.25) is 0 Å². The van der Waals surface area contributed by atoms with Crippen LogP contribution in [0.4, 0.5) is 0 Å². The first-order chi connectivity index (χ1) is 9.81. The van der Waals surface area contributed by atoms with Crippen LogP contribution >= 0.6 is 11.3 Å². The third-order valence-electron chi connectivity index (χ3n) is 3.40. The number of aromatic nitrogens is 3. The Kier molecular flexibility index (Phi) is 4.22.